The van der Waals surface area contributed by atoms with Gasteiger partial charge in [-0.15, -0.1) is 0 Å². The molecule has 3 heteroatoms. The van der Waals surface area contributed by atoms with Crippen molar-refractivity contribution in [3.63, 3.8) is 0 Å². The van der Waals surface area contributed by atoms with Gasteiger partial charge in [-0.05, 0) is 37.6 Å². The summed E-state index contributed by atoms with van der Waals surface area (Å²) in [6, 6.07) is 0. The van der Waals surface area contributed by atoms with E-state index in [1.54, 1.807) is 0 Å². The zero-order valence-electron chi connectivity index (χ0n) is 10.8. The van der Waals surface area contributed by atoms with E-state index in [4.69, 9.17) is 10.5 Å². The van der Waals surface area contributed by atoms with Gasteiger partial charge in [-0.2, -0.15) is 0 Å². The van der Waals surface area contributed by atoms with E-state index in [0.717, 1.165) is 32.1 Å². The summed E-state index contributed by atoms with van der Waals surface area (Å²) in [5.74, 6) is 0.00303. The van der Waals surface area contributed by atoms with Crippen LogP contribution >= 0.6 is 0 Å². The summed E-state index contributed by atoms with van der Waals surface area (Å²) in [4.78, 5) is 12.1. The molecule has 94 valence electrons. The Morgan fingerprint density at radius 1 is 1.31 bits per heavy atom. The van der Waals surface area contributed by atoms with Gasteiger partial charge in [-0.3, -0.25) is 4.79 Å². The van der Waals surface area contributed by atoms with Crippen LogP contribution in [0, 0.1) is 10.8 Å². The number of unbranched alkanes of at least 4 members (excludes halogenated alkanes) is 1. The van der Waals surface area contributed by atoms with Crippen LogP contribution in [0.25, 0.3) is 0 Å². The minimum atomic E-state index is -0.226. The first-order valence-corrected chi connectivity index (χ1v) is 6.31. The van der Waals surface area contributed by atoms with Crippen molar-refractivity contribution >= 4 is 5.97 Å². The molecule has 1 rings (SSSR count). The van der Waals surface area contributed by atoms with Crippen molar-refractivity contribution in [3.05, 3.63) is 0 Å². The molecule has 0 aromatic heterocycles. The summed E-state index contributed by atoms with van der Waals surface area (Å²) >= 11 is 0. The third-order valence-electron chi connectivity index (χ3n) is 3.87. The van der Waals surface area contributed by atoms with Crippen LogP contribution in [0.1, 0.15) is 52.9 Å². The minimum absolute atomic E-state index is 0.00303. The minimum Gasteiger partial charge on any atom is -0.465 e. The Bertz CT molecular complexity index is 239. The molecule has 2 N–H and O–H groups in total. The molecule has 0 radical (unpaired) electrons. The highest BCUT2D eigenvalue weighted by Crippen LogP contribution is 2.54. The van der Waals surface area contributed by atoms with E-state index >= 15 is 0 Å². The first kappa shape index (κ1) is 13.5. The quantitative estimate of drug-likeness (QED) is 0.580. The van der Waals surface area contributed by atoms with Crippen molar-refractivity contribution in [2.75, 3.05) is 13.2 Å². The lowest BCUT2D eigenvalue weighted by atomic mass is 9.55. The highest BCUT2D eigenvalue weighted by Gasteiger charge is 2.53. The molecule has 0 aliphatic heterocycles. The molecule has 0 spiro atoms. The van der Waals surface area contributed by atoms with Gasteiger partial charge >= 0.3 is 5.97 Å². The number of carbonyl (C=O) groups is 1. The molecule has 0 unspecified atom stereocenters. The molecule has 1 fully saturated rings. The van der Waals surface area contributed by atoms with Crippen molar-refractivity contribution in [1.29, 1.82) is 0 Å². The standard InChI is InChI=1S/C13H25NO2/c1-12(2,3)13(7-6-8-13)11(15)16-10-5-4-9-14/h4-10,14H2,1-3H3. The number of rotatable bonds is 5. The third-order valence-corrected chi connectivity index (χ3v) is 3.87. The molecule has 0 saturated heterocycles. The smallest absolute Gasteiger partial charge is 0.312 e. The molecule has 0 bridgehead atoms. The van der Waals surface area contributed by atoms with E-state index < -0.39 is 0 Å². The van der Waals surface area contributed by atoms with E-state index in [-0.39, 0.29) is 16.8 Å². The fraction of sp³-hybridized carbons (Fsp3) is 0.923. The maximum atomic E-state index is 12.1. The monoisotopic (exact) mass is 227 g/mol. The Hall–Kier alpha value is -0.570. The van der Waals surface area contributed by atoms with E-state index in [2.05, 4.69) is 20.8 Å². The average molecular weight is 227 g/mol. The number of ether oxygens (including phenoxy) is 1. The molecule has 0 aromatic carbocycles. The van der Waals surface area contributed by atoms with Crippen molar-refractivity contribution in [2.45, 2.75) is 52.9 Å². The van der Waals surface area contributed by atoms with Gasteiger partial charge < -0.3 is 10.5 Å². The second-order valence-corrected chi connectivity index (χ2v) is 5.82. The lowest BCUT2D eigenvalue weighted by molar-refractivity contribution is -0.172. The van der Waals surface area contributed by atoms with E-state index in [1.165, 1.54) is 0 Å². The van der Waals surface area contributed by atoms with Crippen molar-refractivity contribution in [1.82, 2.24) is 0 Å². The topological polar surface area (TPSA) is 52.3 Å². The normalized spacial score (nSPS) is 19.0. The summed E-state index contributed by atoms with van der Waals surface area (Å²) in [7, 11) is 0. The lowest BCUT2D eigenvalue weighted by Crippen LogP contribution is -2.49. The van der Waals surface area contributed by atoms with Crippen LogP contribution in [-0.2, 0) is 9.53 Å². The molecular weight excluding hydrogens is 202 g/mol. The molecule has 1 aliphatic carbocycles. The maximum Gasteiger partial charge on any atom is 0.312 e. The molecule has 16 heavy (non-hydrogen) atoms. The average Bonchev–Trinajstić information content (AvgIpc) is 2.08. The van der Waals surface area contributed by atoms with Gasteiger partial charge in [-0.1, -0.05) is 27.2 Å². The van der Waals surface area contributed by atoms with Crippen LogP contribution in [-0.4, -0.2) is 19.1 Å². The predicted molar refractivity (Wildman–Crippen MR) is 65.0 cm³/mol. The fourth-order valence-corrected chi connectivity index (χ4v) is 2.34. The second kappa shape index (κ2) is 5.17. The van der Waals surface area contributed by atoms with Gasteiger partial charge in [0.05, 0.1) is 12.0 Å². The summed E-state index contributed by atoms with van der Waals surface area (Å²) in [6.07, 6.45) is 4.91. The summed E-state index contributed by atoms with van der Waals surface area (Å²) in [6.45, 7) is 7.59. The summed E-state index contributed by atoms with van der Waals surface area (Å²) in [5.41, 5.74) is 5.18. The largest absolute Gasteiger partial charge is 0.465 e. The van der Waals surface area contributed by atoms with Crippen molar-refractivity contribution < 1.29 is 9.53 Å². The number of nitrogens with two attached hydrogens (primary N) is 1. The Morgan fingerprint density at radius 3 is 2.31 bits per heavy atom. The van der Waals surface area contributed by atoms with Gasteiger partial charge in [0.15, 0.2) is 0 Å². The van der Waals surface area contributed by atoms with Crippen molar-refractivity contribution in [3.8, 4) is 0 Å². The van der Waals surface area contributed by atoms with Crippen LogP contribution in [0.4, 0.5) is 0 Å². The van der Waals surface area contributed by atoms with Gasteiger partial charge in [0, 0.05) is 0 Å². The molecule has 0 amide bonds. The molecule has 0 heterocycles. The second-order valence-electron chi connectivity index (χ2n) is 5.82. The molecule has 0 aromatic rings. The zero-order chi connectivity index (χ0) is 12.2. The van der Waals surface area contributed by atoms with Crippen LogP contribution < -0.4 is 5.73 Å². The van der Waals surface area contributed by atoms with Gasteiger partial charge in [0.25, 0.3) is 0 Å². The van der Waals surface area contributed by atoms with Gasteiger partial charge in [-0.25, -0.2) is 0 Å². The summed E-state index contributed by atoms with van der Waals surface area (Å²) in [5, 5.41) is 0. The maximum absolute atomic E-state index is 12.1. The van der Waals surface area contributed by atoms with Crippen LogP contribution in [0.5, 0.6) is 0 Å². The van der Waals surface area contributed by atoms with E-state index in [9.17, 15) is 4.79 Å². The molecular formula is C13H25NO2. The van der Waals surface area contributed by atoms with E-state index in [0.29, 0.717) is 13.2 Å². The van der Waals surface area contributed by atoms with Crippen LogP contribution in [0.2, 0.25) is 0 Å². The molecule has 3 nitrogen and oxygen atoms in total. The summed E-state index contributed by atoms with van der Waals surface area (Å²) < 4.78 is 5.38. The predicted octanol–water partition coefficient (Wildman–Crippen LogP) is 2.48. The molecule has 1 saturated carbocycles. The lowest BCUT2D eigenvalue weighted by Gasteiger charge is -2.49. The molecule has 0 atom stereocenters. The van der Waals surface area contributed by atoms with Crippen molar-refractivity contribution in [2.24, 2.45) is 16.6 Å². The SMILES string of the molecule is CC(C)(C)C1(C(=O)OCCCCN)CCC1. The zero-order valence-corrected chi connectivity index (χ0v) is 10.8. The Morgan fingerprint density at radius 2 is 1.94 bits per heavy atom. The Kier molecular flexibility index (Phi) is 4.36. The van der Waals surface area contributed by atoms with E-state index in [1.807, 2.05) is 0 Å². The first-order valence-electron chi connectivity index (χ1n) is 6.31. The number of carbonyl (C=O) groups excluding carboxylic acids is 1. The van der Waals surface area contributed by atoms with Gasteiger partial charge in [0.1, 0.15) is 0 Å². The first-order chi connectivity index (χ1) is 7.44. The highest BCUT2D eigenvalue weighted by molar-refractivity contribution is 5.78. The molecule has 1 aliphatic rings. The third kappa shape index (κ3) is 2.57. The fourth-order valence-electron chi connectivity index (χ4n) is 2.34. The number of hydrogen-bond donors (Lipinski definition) is 1. The van der Waals surface area contributed by atoms with Crippen LogP contribution in [0.3, 0.4) is 0 Å². The number of hydrogen-bond acceptors (Lipinski definition) is 3. The Balaban J connectivity index is 2.45. The van der Waals surface area contributed by atoms with Gasteiger partial charge in [0.2, 0.25) is 0 Å². The number of esters is 1. The highest BCUT2D eigenvalue weighted by atomic mass is 16.5. The Labute approximate surface area is 98.7 Å². The van der Waals surface area contributed by atoms with Crippen LogP contribution in [0.15, 0.2) is 0 Å².